The van der Waals surface area contributed by atoms with Crippen LogP contribution in [0.1, 0.15) is 63.4 Å². The zero-order chi connectivity index (χ0) is 19.4. The van der Waals surface area contributed by atoms with E-state index in [4.69, 9.17) is 0 Å². The molecule has 1 aromatic carbocycles. The Hall–Kier alpha value is -0.890. The van der Waals surface area contributed by atoms with Crippen LogP contribution in [0.2, 0.25) is 0 Å². The summed E-state index contributed by atoms with van der Waals surface area (Å²) in [6.07, 6.45) is 11.6. The lowest BCUT2D eigenvalue weighted by atomic mass is 9.92. The van der Waals surface area contributed by atoms with Crippen LogP contribution in [0.5, 0.6) is 0 Å². The average Bonchev–Trinajstić information content (AvgIpc) is 3.53. The number of piperidine rings is 1. The van der Waals surface area contributed by atoms with Crippen LogP contribution in [-0.2, 0) is 5.41 Å². The van der Waals surface area contributed by atoms with Crippen molar-refractivity contribution < 1.29 is 4.39 Å². The van der Waals surface area contributed by atoms with Crippen molar-refractivity contribution in [3.63, 3.8) is 0 Å². The first-order valence-electron chi connectivity index (χ1n) is 11.2. The maximum absolute atomic E-state index is 13.6. The van der Waals surface area contributed by atoms with Crippen molar-refractivity contribution in [1.82, 2.24) is 15.5 Å². The Morgan fingerprint density at radius 3 is 2.48 bits per heavy atom. The van der Waals surface area contributed by atoms with Gasteiger partial charge in [0, 0.05) is 44.2 Å². The first-order chi connectivity index (χ1) is 13.7. The van der Waals surface area contributed by atoms with Gasteiger partial charge in [-0.15, -0.1) is 24.0 Å². The Morgan fingerprint density at radius 1 is 1.14 bits per heavy atom. The van der Waals surface area contributed by atoms with Gasteiger partial charge in [-0.05, 0) is 56.2 Å². The summed E-state index contributed by atoms with van der Waals surface area (Å²) in [7, 11) is 1.84. The van der Waals surface area contributed by atoms with E-state index in [-0.39, 0.29) is 35.2 Å². The highest BCUT2D eigenvalue weighted by atomic mass is 127. The summed E-state index contributed by atoms with van der Waals surface area (Å²) in [6.45, 7) is 3.22. The Kier molecular flexibility index (Phi) is 8.19. The van der Waals surface area contributed by atoms with Crippen LogP contribution >= 0.6 is 24.0 Å². The molecule has 3 fully saturated rings. The van der Waals surface area contributed by atoms with Crippen molar-refractivity contribution in [2.24, 2.45) is 4.99 Å². The fourth-order valence-corrected chi connectivity index (χ4v) is 5.03. The number of likely N-dealkylation sites (tertiary alicyclic amines) is 1. The third-order valence-corrected chi connectivity index (χ3v) is 7.07. The molecule has 3 aliphatic rings. The van der Waals surface area contributed by atoms with Crippen LogP contribution in [0.3, 0.4) is 0 Å². The molecule has 2 N–H and O–H groups in total. The van der Waals surface area contributed by atoms with E-state index in [0.29, 0.717) is 6.04 Å². The van der Waals surface area contributed by atoms with Crippen molar-refractivity contribution in [1.29, 1.82) is 0 Å². The van der Waals surface area contributed by atoms with Crippen molar-refractivity contribution in [3.05, 3.63) is 35.6 Å². The van der Waals surface area contributed by atoms with Gasteiger partial charge in [-0.25, -0.2) is 4.39 Å². The van der Waals surface area contributed by atoms with E-state index in [0.717, 1.165) is 37.0 Å². The number of nitrogens with one attached hydrogen (secondary N) is 2. The fourth-order valence-electron chi connectivity index (χ4n) is 5.03. The number of guanidine groups is 1. The van der Waals surface area contributed by atoms with Gasteiger partial charge < -0.3 is 15.5 Å². The number of hydrogen-bond donors (Lipinski definition) is 2. The Bertz CT molecular complexity index is 677. The molecule has 162 valence electrons. The van der Waals surface area contributed by atoms with E-state index in [1.807, 2.05) is 13.1 Å². The second kappa shape index (κ2) is 10.4. The predicted molar refractivity (Wildman–Crippen MR) is 129 cm³/mol. The summed E-state index contributed by atoms with van der Waals surface area (Å²) in [5.74, 6) is 0.745. The molecule has 0 unspecified atom stereocenters. The van der Waals surface area contributed by atoms with Gasteiger partial charge >= 0.3 is 0 Å². The molecule has 0 radical (unpaired) electrons. The van der Waals surface area contributed by atoms with Crippen molar-refractivity contribution in [2.75, 3.05) is 26.7 Å². The Labute approximate surface area is 192 Å². The van der Waals surface area contributed by atoms with Crippen molar-refractivity contribution in [2.45, 2.75) is 75.3 Å². The van der Waals surface area contributed by atoms with E-state index in [1.54, 1.807) is 6.07 Å². The number of nitrogens with zero attached hydrogens (tertiary/aromatic N) is 2. The van der Waals surface area contributed by atoms with Gasteiger partial charge in [0.1, 0.15) is 5.82 Å². The van der Waals surface area contributed by atoms with Crippen LogP contribution < -0.4 is 10.6 Å². The number of halogens is 2. The largest absolute Gasteiger partial charge is 0.356 e. The van der Waals surface area contributed by atoms with Crippen LogP contribution in [0.4, 0.5) is 4.39 Å². The van der Waals surface area contributed by atoms with Crippen LogP contribution in [0, 0.1) is 5.82 Å². The first kappa shape index (κ1) is 22.8. The summed E-state index contributed by atoms with van der Waals surface area (Å²) in [5.41, 5.74) is 1.18. The number of rotatable bonds is 5. The minimum absolute atomic E-state index is 0. The van der Waals surface area contributed by atoms with Crippen LogP contribution in [0.25, 0.3) is 0 Å². The summed E-state index contributed by atoms with van der Waals surface area (Å²) in [4.78, 5) is 7.16. The van der Waals surface area contributed by atoms with Crippen molar-refractivity contribution in [3.8, 4) is 0 Å². The first-order valence-corrected chi connectivity index (χ1v) is 11.2. The molecular weight excluding hydrogens is 478 g/mol. The normalized spacial score (nSPS) is 23.3. The van der Waals surface area contributed by atoms with Crippen LogP contribution in [0.15, 0.2) is 29.3 Å². The molecular formula is C23H36FIN4. The van der Waals surface area contributed by atoms with E-state index >= 15 is 0 Å². The molecule has 0 spiro atoms. The minimum Gasteiger partial charge on any atom is -0.356 e. The predicted octanol–water partition coefficient (Wildman–Crippen LogP) is 4.44. The van der Waals surface area contributed by atoms with Gasteiger partial charge in [-0.1, -0.05) is 31.4 Å². The molecule has 0 amide bonds. The molecule has 0 atom stereocenters. The van der Waals surface area contributed by atoms with E-state index < -0.39 is 0 Å². The lowest BCUT2D eigenvalue weighted by Gasteiger charge is -2.39. The maximum Gasteiger partial charge on any atom is 0.191 e. The zero-order valence-corrected chi connectivity index (χ0v) is 20.0. The third-order valence-electron chi connectivity index (χ3n) is 7.07. The molecule has 0 aromatic heterocycles. The average molecular weight is 514 g/mol. The molecule has 4 nitrogen and oxygen atoms in total. The number of benzene rings is 1. The second-order valence-corrected chi connectivity index (χ2v) is 8.96. The van der Waals surface area contributed by atoms with E-state index in [1.165, 1.54) is 64.1 Å². The number of hydrogen-bond acceptors (Lipinski definition) is 2. The molecule has 6 heteroatoms. The standard InChI is InChI=1S/C23H35FN4.HI/c1-25-22(26-17-23(12-13-23)18-6-5-7-19(24)16-18)27-20-10-14-28(15-11-20)21-8-3-2-4-9-21;/h5-7,16,20-21H,2-4,8-15,17H2,1H3,(H2,25,26,27);1H. The van der Waals surface area contributed by atoms with Gasteiger partial charge in [0.05, 0.1) is 0 Å². The monoisotopic (exact) mass is 514 g/mol. The van der Waals surface area contributed by atoms with Gasteiger partial charge in [-0.2, -0.15) is 0 Å². The molecule has 1 aliphatic heterocycles. The molecule has 0 bridgehead atoms. The van der Waals surface area contributed by atoms with Gasteiger partial charge in [0.2, 0.25) is 0 Å². The quantitative estimate of drug-likeness (QED) is 0.347. The van der Waals surface area contributed by atoms with E-state index in [9.17, 15) is 4.39 Å². The molecule has 29 heavy (non-hydrogen) atoms. The van der Waals surface area contributed by atoms with Crippen molar-refractivity contribution >= 4 is 29.9 Å². The minimum atomic E-state index is -0.143. The SMILES string of the molecule is CN=C(NCC1(c2cccc(F)c2)CC1)NC1CCN(C2CCCCC2)CC1.I. The smallest absolute Gasteiger partial charge is 0.191 e. The lowest BCUT2D eigenvalue weighted by Crippen LogP contribution is -2.51. The highest BCUT2D eigenvalue weighted by Gasteiger charge is 2.44. The zero-order valence-electron chi connectivity index (χ0n) is 17.6. The summed E-state index contributed by atoms with van der Waals surface area (Å²) < 4.78 is 13.6. The Balaban J connectivity index is 0.00000240. The molecule has 2 saturated carbocycles. The molecule has 1 aromatic rings. The molecule has 1 saturated heterocycles. The summed E-state index contributed by atoms with van der Waals surface area (Å²) in [5, 5.41) is 7.15. The van der Waals surface area contributed by atoms with Gasteiger partial charge in [0.15, 0.2) is 5.96 Å². The topological polar surface area (TPSA) is 39.7 Å². The fraction of sp³-hybridized carbons (Fsp3) is 0.696. The summed E-state index contributed by atoms with van der Waals surface area (Å²) >= 11 is 0. The van der Waals surface area contributed by atoms with E-state index in [2.05, 4.69) is 26.6 Å². The molecule has 2 aliphatic carbocycles. The molecule has 4 rings (SSSR count). The summed E-state index contributed by atoms with van der Waals surface area (Å²) in [6, 6.07) is 8.40. The maximum atomic E-state index is 13.6. The van der Waals surface area contributed by atoms with Gasteiger partial charge in [-0.3, -0.25) is 4.99 Å². The number of aliphatic imine (C=N–C) groups is 1. The highest BCUT2D eigenvalue weighted by Crippen LogP contribution is 2.47. The van der Waals surface area contributed by atoms with Crippen LogP contribution in [-0.4, -0.2) is 49.6 Å². The highest BCUT2D eigenvalue weighted by molar-refractivity contribution is 14.0. The lowest BCUT2D eigenvalue weighted by molar-refractivity contribution is 0.119. The second-order valence-electron chi connectivity index (χ2n) is 8.96. The third kappa shape index (κ3) is 5.84. The Morgan fingerprint density at radius 2 is 1.86 bits per heavy atom. The van der Waals surface area contributed by atoms with Gasteiger partial charge in [0.25, 0.3) is 0 Å². The molecule has 1 heterocycles.